The van der Waals surface area contributed by atoms with Crippen molar-refractivity contribution in [2.75, 3.05) is 17.6 Å². The van der Waals surface area contributed by atoms with E-state index in [2.05, 4.69) is 28.5 Å². The van der Waals surface area contributed by atoms with Crippen LogP contribution >= 0.6 is 11.5 Å². The van der Waals surface area contributed by atoms with Gasteiger partial charge in [-0.05, 0) is 17.8 Å². The number of nitrogen functional groups attached to an aromatic ring is 1. The van der Waals surface area contributed by atoms with E-state index in [1.165, 1.54) is 18.0 Å². The molecule has 1 saturated carbocycles. The van der Waals surface area contributed by atoms with Gasteiger partial charge in [-0.3, -0.25) is 0 Å². The molecule has 0 aromatic carbocycles. The van der Waals surface area contributed by atoms with E-state index >= 15 is 0 Å². The maximum absolute atomic E-state index is 5.40. The van der Waals surface area contributed by atoms with Crippen molar-refractivity contribution in [1.29, 1.82) is 0 Å². The minimum absolute atomic E-state index is 0.363. The molecule has 0 saturated heterocycles. The molecule has 0 aliphatic heterocycles. The standard InChI is InChI=1S/C8H14N4S/c1-8(2)3-5(8)4-10-7-11-6(9)12-13-7/h5H,3-4H2,1-2H3,(H3,9,10,11,12). The second kappa shape index (κ2) is 2.83. The molecule has 0 amide bonds. The predicted octanol–water partition coefficient (Wildman–Crippen LogP) is 1.58. The number of nitrogens with two attached hydrogens (primary N) is 1. The summed E-state index contributed by atoms with van der Waals surface area (Å²) < 4.78 is 3.90. The highest BCUT2D eigenvalue weighted by Gasteiger charge is 2.45. The summed E-state index contributed by atoms with van der Waals surface area (Å²) in [7, 11) is 0. The molecular formula is C8H14N4S. The van der Waals surface area contributed by atoms with Crippen LogP contribution in [0.2, 0.25) is 0 Å². The molecule has 1 fully saturated rings. The fourth-order valence-electron chi connectivity index (χ4n) is 1.44. The first-order valence-electron chi connectivity index (χ1n) is 4.41. The van der Waals surface area contributed by atoms with Crippen LogP contribution in [0.25, 0.3) is 0 Å². The van der Waals surface area contributed by atoms with Gasteiger partial charge in [0.15, 0.2) is 0 Å². The van der Waals surface area contributed by atoms with Crippen molar-refractivity contribution in [2.45, 2.75) is 20.3 Å². The monoisotopic (exact) mass is 198 g/mol. The molecule has 4 nitrogen and oxygen atoms in total. The number of hydrogen-bond acceptors (Lipinski definition) is 5. The third-order valence-corrected chi connectivity index (χ3v) is 3.35. The van der Waals surface area contributed by atoms with Gasteiger partial charge >= 0.3 is 0 Å². The average molecular weight is 198 g/mol. The summed E-state index contributed by atoms with van der Waals surface area (Å²) in [5.74, 6) is 1.14. The number of rotatable bonds is 3. The summed E-state index contributed by atoms with van der Waals surface area (Å²) >= 11 is 1.32. The van der Waals surface area contributed by atoms with E-state index in [0.717, 1.165) is 17.6 Å². The second-order valence-corrected chi connectivity index (χ2v) is 4.98. The Hall–Kier alpha value is -0.840. The van der Waals surface area contributed by atoms with E-state index in [4.69, 9.17) is 5.73 Å². The van der Waals surface area contributed by atoms with Gasteiger partial charge in [-0.1, -0.05) is 13.8 Å². The largest absolute Gasteiger partial charge is 0.367 e. The molecule has 1 aliphatic carbocycles. The number of anilines is 2. The lowest BCUT2D eigenvalue weighted by Gasteiger charge is -2.03. The van der Waals surface area contributed by atoms with Crippen LogP contribution < -0.4 is 11.1 Å². The summed E-state index contributed by atoms with van der Waals surface area (Å²) in [5.41, 5.74) is 5.92. The summed E-state index contributed by atoms with van der Waals surface area (Å²) in [6, 6.07) is 0. The maximum atomic E-state index is 5.40. The van der Waals surface area contributed by atoms with Crippen molar-refractivity contribution in [3.63, 3.8) is 0 Å². The molecule has 0 spiro atoms. The summed E-state index contributed by atoms with van der Waals surface area (Å²) in [4.78, 5) is 4.03. The summed E-state index contributed by atoms with van der Waals surface area (Å²) in [6.45, 7) is 5.56. The van der Waals surface area contributed by atoms with Gasteiger partial charge in [-0.25, -0.2) is 0 Å². The first kappa shape index (κ1) is 8.74. The van der Waals surface area contributed by atoms with Gasteiger partial charge in [0.05, 0.1) is 0 Å². The molecule has 1 unspecified atom stereocenters. The lowest BCUT2D eigenvalue weighted by Crippen LogP contribution is -2.06. The third-order valence-electron chi connectivity index (χ3n) is 2.66. The molecule has 5 heteroatoms. The highest BCUT2D eigenvalue weighted by molar-refractivity contribution is 7.09. The molecule has 72 valence electrons. The van der Waals surface area contributed by atoms with Gasteiger partial charge in [0.1, 0.15) is 0 Å². The molecule has 13 heavy (non-hydrogen) atoms. The van der Waals surface area contributed by atoms with Gasteiger partial charge in [0.25, 0.3) is 0 Å². The number of aromatic nitrogens is 2. The SMILES string of the molecule is CC1(C)CC1CNc1nc(N)ns1. The number of nitrogens with zero attached hydrogens (tertiary/aromatic N) is 2. The molecule has 1 heterocycles. The predicted molar refractivity (Wildman–Crippen MR) is 54.7 cm³/mol. The molecule has 3 N–H and O–H groups in total. The van der Waals surface area contributed by atoms with Crippen LogP contribution in [0.3, 0.4) is 0 Å². The Morgan fingerprint density at radius 3 is 2.85 bits per heavy atom. The van der Waals surface area contributed by atoms with Gasteiger partial charge in [0, 0.05) is 18.1 Å². The molecule has 1 atom stereocenters. The second-order valence-electron chi connectivity index (χ2n) is 4.23. The Morgan fingerprint density at radius 1 is 1.69 bits per heavy atom. The van der Waals surface area contributed by atoms with E-state index in [-0.39, 0.29) is 0 Å². The van der Waals surface area contributed by atoms with Crippen molar-refractivity contribution >= 4 is 22.6 Å². The van der Waals surface area contributed by atoms with Crippen LogP contribution in [0, 0.1) is 11.3 Å². The smallest absolute Gasteiger partial charge is 0.233 e. The zero-order valence-corrected chi connectivity index (χ0v) is 8.69. The van der Waals surface area contributed by atoms with Crippen LogP contribution in [0.1, 0.15) is 20.3 Å². The Bertz CT molecular complexity index is 307. The normalized spacial score (nSPS) is 24.3. The van der Waals surface area contributed by atoms with Gasteiger partial charge in [-0.15, -0.1) is 0 Å². The van der Waals surface area contributed by atoms with Gasteiger partial charge < -0.3 is 11.1 Å². The number of hydrogen-bond donors (Lipinski definition) is 2. The lowest BCUT2D eigenvalue weighted by atomic mass is 10.1. The van der Waals surface area contributed by atoms with Crippen molar-refractivity contribution in [3.05, 3.63) is 0 Å². The Labute approximate surface area is 81.7 Å². The van der Waals surface area contributed by atoms with Gasteiger partial charge in [0.2, 0.25) is 11.1 Å². The summed E-state index contributed by atoms with van der Waals surface area (Å²) in [5, 5.41) is 4.08. The lowest BCUT2D eigenvalue weighted by molar-refractivity contribution is 0.573. The Kier molecular flexibility index (Phi) is 1.91. The first-order valence-corrected chi connectivity index (χ1v) is 5.18. The number of nitrogens with one attached hydrogen (secondary N) is 1. The molecule has 0 radical (unpaired) electrons. The van der Waals surface area contributed by atoms with E-state index in [1.54, 1.807) is 0 Å². The highest BCUT2D eigenvalue weighted by atomic mass is 32.1. The third kappa shape index (κ3) is 1.91. The van der Waals surface area contributed by atoms with Crippen molar-refractivity contribution in [2.24, 2.45) is 11.3 Å². The molecular weight excluding hydrogens is 184 g/mol. The topological polar surface area (TPSA) is 63.8 Å². The quantitative estimate of drug-likeness (QED) is 0.774. The molecule has 1 aromatic rings. The maximum Gasteiger partial charge on any atom is 0.233 e. The molecule has 0 bridgehead atoms. The Morgan fingerprint density at radius 2 is 2.38 bits per heavy atom. The van der Waals surface area contributed by atoms with Crippen LogP contribution in [0.15, 0.2) is 0 Å². The fraction of sp³-hybridized carbons (Fsp3) is 0.750. The van der Waals surface area contributed by atoms with Crippen molar-refractivity contribution < 1.29 is 0 Å². The average Bonchev–Trinajstić information content (AvgIpc) is 2.45. The van der Waals surface area contributed by atoms with Gasteiger partial charge in [-0.2, -0.15) is 9.36 Å². The van der Waals surface area contributed by atoms with Crippen molar-refractivity contribution in [3.8, 4) is 0 Å². The van der Waals surface area contributed by atoms with Crippen LogP contribution in [-0.4, -0.2) is 15.9 Å². The van der Waals surface area contributed by atoms with E-state index in [0.29, 0.717) is 11.4 Å². The molecule has 2 rings (SSSR count). The van der Waals surface area contributed by atoms with E-state index < -0.39 is 0 Å². The fourth-order valence-corrected chi connectivity index (χ4v) is 1.94. The van der Waals surface area contributed by atoms with E-state index in [1.807, 2.05) is 0 Å². The van der Waals surface area contributed by atoms with Crippen LogP contribution in [0.4, 0.5) is 11.1 Å². The Balaban J connectivity index is 1.81. The molecule has 1 aromatic heterocycles. The van der Waals surface area contributed by atoms with Crippen LogP contribution in [0.5, 0.6) is 0 Å². The zero-order valence-electron chi connectivity index (χ0n) is 7.87. The molecule has 1 aliphatic rings. The summed E-state index contributed by atoms with van der Waals surface area (Å²) in [6.07, 6.45) is 1.30. The van der Waals surface area contributed by atoms with Crippen molar-refractivity contribution in [1.82, 2.24) is 9.36 Å². The van der Waals surface area contributed by atoms with E-state index in [9.17, 15) is 0 Å². The minimum Gasteiger partial charge on any atom is -0.367 e. The van der Waals surface area contributed by atoms with Crippen LogP contribution in [-0.2, 0) is 0 Å². The zero-order chi connectivity index (χ0) is 9.47. The first-order chi connectivity index (χ1) is 6.08. The minimum atomic E-state index is 0.363. The highest BCUT2D eigenvalue weighted by Crippen LogP contribution is 2.51.